The molecule has 0 radical (unpaired) electrons. The average molecular weight is 231 g/mol. The molecular formula is C12H25NO3. The van der Waals surface area contributed by atoms with Crippen LogP contribution in [0.1, 0.15) is 26.7 Å². The molecule has 16 heavy (non-hydrogen) atoms. The van der Waals surface area contributed by atoms with Gasteiger partial charge in [0.2, 0.25) is 0 Å². The SMILES string of the molecule is CC(C)C(N)C(CO)OCC1CCOCC1. The Morgan fingerprint density at radius 3 is 2.50 bits per heavy atom. The summed E-state index contributed by atoms with van der Waals surface area (Å²) in [6, 6.07) is -0.0927. The molecule has 96 valence electrons. The van der Waals surface area contributed by atoms with Gasteiger partial charge >= 0.3 is 0 Å². The summed E-state index contributed by atoms with van der Waals surface area (Å²) >= 11 is 0. The summed E-state index contributed by atoms with van der Waals surface area (Å²) < 4.78 is 11.0. The van der Waals surface area contributed by atoms with Crippen LogP contribution in [-0.2, 0) is 9.47 Å². The van der Waals surface area contributed by atoms with Crippen molar-refractivity contribution in [2.24, 2.45) is 17.6 Å². The minimum Gasteiger partial charge on any atom is -0.394 e. The summed E-state index contributed by atoms with van der Waals surface area (Å²) in [6.45, 7) is 6.44. The molecule has 2 unspecified atom stereocenters. The zero-order valence-electron chi connectivity index (χ0n) is 10.4. The first-order valence-electron chi connectivity index (χ1n) is 6.21. The molecule has 0 amide bonds. The maximum absolute atomic E-state index is 9.25. The summed E-state index contributed by atoms with van der Waals surface area (Å²) in [6.07, 6.45) is 1.87. The highest BCUT2D eigenvalue weighted by Gasteiger charge is 2.23. The Balaban J connectivity index is 2.27. The minimum absolute atomic E-state index is 0.00255. The lowest BCUT2D eigenvalue weighted by molar-refractivity contribution is -0.0452. The van der Waals surface area contributed by atoms with Crippen LogP contribution >= 0.6 is 0 Å². The first-order chi connectivity index (χ1) is 7.65. The van der Waals surface area contributed by atoms with Crippen LogP contribution in [0.15, 0.2) is 0 Å². The van der Waals surface area contributed by atoms with Crippen molar-refractivity contribution in [3.8, 4) is 0 Å². The zero-order chi connectivity index (χ0) is 12.0. The van der Waals surface area contributed by atoms with Gasteiger partial charge in [-0.3, -0.25) is 0 Å². The summed E-state index contributed by atoms with van der Waals surface area (Å²) in [5, 5.41) is 9.25. The van der Waals surface area contributed by atoms with E-state index in [1.54, 1.807) is 0 Å². The normalized spacial score (nSPS) is 22.3. The third-order valence-electron chi connectivity index (χ3n) is 3.27. The van der Waals surface area contributed by atoms with Crippen molar-refractivity contribution in [1.29, 1.82) is 0 Å². The molecule has 0 spiro atoms. The van der Waals surface area contributed by atoms with Gasteiger partial charge < -0.3 is 20.3 Å². The average Bonchev–Trinajstić information content (AvgIpc) is 2.30. The van der Waals surface area contributed by atoms with Crippen LogP contribution < -0.4 is 5.73 Å². The van der Waals surface area contributed by atoms with E-state index in [2.05, 4.69) is 0 Å². The van der Waals surface area contributed by atoms with Gasteiger partial charge in [0.1, 0.15) is 0 Å². The molecule has 3 N–H and O–H groups in total. The number of hydrogen-bond donors (Lipinski definition) is 2. The fourth-order valence-corrected chi connectivity index (χ4v) is 1.89. The van der Waals surface area contributed by atoms with E-state index in [0.717, 1.165) is 26.1 Å². The van der Waals surface area contributed by atoms with E-state index in [4.69, 9.17) is 15.2 Å². The van der Waals surface area contributed by atoms with E-state index in [-0.39, 0.29) is 18.8 Å². The van der Waals surface area contributed by atoms with Gasteiger partial charge in [0.15, 0.2) is 0 Å². The van der Waals surface area contributed by atoms with Gasteiger partial charge in [0.05, 0.1) is 19.3 Å². The molecule has 1 saturated heterocycles. The molecule has 1 aliphatic rings. The number of nitrogens with two attached hydrogens (primary N) is 1. The third-order valence-corrected chi connectivity index (χ3v) is 3.27. The number of hydrogen-bond acceptors (Lipinski definition) is 4. The molecule has 4 heteroatoms. The molecule has 2 atom stereocenters. The van der Waals surface area contributed by atoms with E-state index in [1.807, 2.05) is 13.8 Å². The van der Waals surface area contributed by atoms with Gasteiger partial charge in [-0.25, -0.2) is 0 Å². The molecule has 1 aliphatic heterocycles. The van der Waals surface area contributed by atoms with Crippen LogP contribution in [0.25, 0.3) is 0 Å². The highest BCUT2D eigenvalue weighted by molar-refractivity contribution is 4.76. The Labute approximate surface area is 98.1 Å². The monoisotopic (exact) mass is 231 g/mol. The van der Waals surface area contributed by atoms with Gasteiger partial charge in [-0.15, -0.1) is 0 Å². The van der Waals surface area contributed by atoms with E-state index in [9.17, 15) is 5.11 Å². The van der Waals surface area contributed by atoms with Crippen LogP contribution in [0, 0.1) is 11.8 Å². The maximum Gasteiger partial charge on any atom is 0.0958 e. The second-order valence-corrected chi connectivity index (χ2v) is 4.93. The van der Waals surface area contributed by atoms with E-state index in [1.165, 1.54) is 0 Å². The zero-order valence-corrected chi connectivity index (χ0v) is 10.4. The predicted octanol–water partition coefficient (Wildman–Crippen LogP) is 0.774. The van der Waals surface area contributed by atoms with Crippen molar-refractivity contribution >= 4 is 0 Å². The molecule has 1 rings (SSSR count). The van der Waals surface area contributed by atoms with Crippen LogP contribution in [0.2, 0.25) is 0 Å². The minimum atomic E-state index is -0.233. The Bertz CT molecular complexity index is 181. The van der Waals surface area contributed by atoms with Gasteiger partial charge in [-0.2, -0.15) is 0 Å². The van der Waals surface area contributed by atoms with Crippen molar-refractivity contribution in [3.63, 3.8) is 0 Å². The van der Waals surface area contributed by atoms with Gasteiger partial charge in [-0.05, 0) is 24.7 Å². The third kappa shape index (κ3) is 4.37. The van der Waals surface area contributed by atoms with Gasteiger partial charge in [0.25, 0.3) is 0 Å². The quantitative estimate of drug-likeness (QED) is 0.709. The predicted molar refractivity (Wildman–Crippen MR) is 63.2 cm³/mol. The number of aliphatic hydroxyl groups excluding tert-OH is 1. The lowest BCUT2D eigenvalue weighted by Gasteiger charge is -2.28. The second-order valence-electron chi connectivity index (χ2n) is 4.93. The highest BCUT2D eigenvalue weighted by Crippen LogP contribution is 2.17. The van der Waals surface area contributed by atoms with E-state index < -0.39 is 0 Å². The van der Waals surface area contributed by atoms with E-state index in [0.29, 0.717) is 18.4 Å². The fraction of sp³-hybridized carbons (Fsp3) is 1.00. The Hall–Kier alpha value is -0.160. The maximum atomic E-state index is 9.25. The molecule has 0 aromatic rings. The number of ether oxygens (including phenoxy) is 2. The van der Waals surface area contributed by atoms with Gasteiger partial charge in [-0.1, -0.05) is 13.8 Å². The van der Waals surface area contributed by atoms with Crippen molar-refractivity contribution in [1.82, 2.24) is 0 Å². The smallest absolute Gasteiger partial charge is 0.0958 e. The van der Waals surface area contributed by atoms with Gasteiger partial charge in [0, 0.05) is 19.3 Å². The molecule has 1 heterocycles. The molecule has 0 aliphatic carbocycles. The molecular weight excluding hydrogens is 206 g/mol. The summed E-state index contributed by atoms with van der Waals surface area (Å²) in [5.41, 5.74) is 5.98. The van der Waals surface area contributed by atoms with Crippen molar-refractivity contribution in [3.05, 3.63) is 0 Å². The lowest BCUT2D eigenvalue weighted by atomic mass is 9.99. The highest BCUT2D eigenvalue weighted by atomic mass is 16.5. The molecule has 0 aromatic carbocycles. The molecule has 0 aromatic heterocycles. The molecule has 0 saturated carbocycles. The van der Waals surface area contributed by atoms with Crippen LogP contribution in [0.4, 0.5) is 0 Å². The largest absolute Gasteiger partial charge is 0.394 e. The first kappa shape index (κ1) is 13.9. The topological polar surface area (TPSA) is 64.7 Å². The van der Waals surface area contributed by atoms with Crippen molar-refractivity contribution in [2.45, 2.75) is 38.8 Å². The van der Waals surface area contributed by atoms with Crippen LogP contribution in [0.5, 0.6) is 0 Å². The molecule has 4 nitrogen and oxygen atoms in total. The van der Waals surface area contributed by atoms with Crippen LogP contribution in [0.3, 0.4) is 0 Å². The molecule has 0 bridgehead atoms. The first-order valence-corrected chi connectivity index (χ1v) is 6.21. The Morgan fingerprint density at radius 2 is 2.00 bits per heavy atom. The Kier molecular flexibility index (Phi) is 6.28. The van der Waals surface area contributed by atoms with Crippen LogP contribution in [-0.4, -0.2) is 43.7 Å². The van der Waals surface area contributed by atoms with Crippen molar-refractivity contribution in [2.75, 3.05) is 26.4 Å². The number of rotatable bonds is 6. The second kappa shape index (κ2) is 7.22. The number of aliphatic hydroxyl groups is 1. The Morgan fingerprint density at radius 1 is 1.38 bits per heavy atom. The molecule has 1 fully saturated rings. The summed E-state index contributed by atoms with van der Waals surface area (Å²) in [4.78, 5) is 0. The van der Waals surface area contributed by atoms with E-state index >= 15 is 0 Å². The summed E-state index contributed by atoms with van der Waals surface area (Å²) in [5.74, 6) is 0.883. The fourth-order valence-electron chi connectivity index (χ4n) is 1.89. The van der Waals surface area contributed by atoms with Crippen molar-refractivity contribution < 1.29 is 14.6 Å². The summed E-state index contributed by atoms with van der Waals surface area (Å²) in [7, 11) is 0. The standard InChI is InChI=1S/C12H25NO3/c1-9(2)12(13)11(7-14)16-8-10-3-5-15-6-4-10/h9-12,14H,3-8,13H2,1-2H3. The lowest BCUT2D eigenvalue weighted by Crippen LogP contribution is -2.44.